The Hall–Kier alpha value is -1.36. The van der Waals surface area contributed by atoms with Gasteiger partial charge in [0, 0.05) is 37.3 Å². The summed E-state index contributed by atoms with van der Waals surface area (Å²) in [4.78, 5) is 11.4. The summed E-state index contributed by atoms with van der Waals surface area (Å²) < 4.78 is 0. The van der Waals surface area contributed by atoms with Crippen LogP contribution >= 0.6 is 0 Å². The number of aliphatic hydroxyl groups excluding tert-OH is 1. The third-order valence-electron chi connectivity index (χ3n) is 4.52. The highest BCUT2D eigenvalue weighted by atomic mass is 16.3. The monoisotopic (exact) mass is 276 g/mol. The van der Waals surface area contributed by atoms with Gasteiger partial charge in [-0.2, -0.15) is 4.98 Å². The first kappa shape index (κ1) is 13.6. The van der Waals surface area contributed by atoms with E-state index < -0.39 is 0 Å². The SMILES string of the molecule is CCCNc1nc(C)cc(N2CC3CCC(O)C3C2)n1. The first-order chi connectivity index (χ1) is 9.67. The zero-order valence-corrected chi connectivity index (χ0v) is 12.3. The Kier molecular flexibility index (Phi) is 3.78. The fraction of sp³-hybridized carbons (Fsp3) is 0.733. The molecule has 110 valence electrons. The van der Waals surface area contributed by atoms with Crippen LogP contribution in [0.3, 0.4) is 0 Å². The van der Waals surface area contributed by atoms with Crippen molar-refractivity contribution in [3.05, 3.63) is 11.8 Å². The molecule has 2 fully saturated rings. The number of aryl methyl sites for hydroxylation is 1. The molecule has 5 nitrogen and oxygen atoms in total. The normalized spacial score (nSPS) is 28.8. The Morgan fingerprint density at radius 2 is 2.20 bits per heavy atom. The van der Waals surface area contributed by atoms with Crippen LogP contribution in [0.2, 0.25) is 0 Å². The first-order valence-corrected chi connectivity index (χ1v) is 7.70. The van der Waals surface area contributed by atoms with Gasteiger partial charge in [0.1, 0.15) is 5.82 Å². The van der Waals surface area contributed by atoms with E-state index in [-0.39, 0.29) is 6.10 Å². The second-order valence-corrected chi connectivity index (χ2v) is 6.09. The Bertz CT molecular complexity index is 479. The van der Waals surface area contributed by atoms with Crippen molar-refractivity contribution in [1.82, 2.24) is 9.97 Å². The van der Waals surface area contributed by atoms with E-state index in [2.05, 4.69) is 27.1 Å². The molecular formula is C15H24N4O. The van der Waals surface area contributed by atoms with Crippen molar-refractivity contribution in [3.63, 3.8) is 0 Å². The van der Waals surface area contributed by atoms with Gasteiger partial charge in [0.25, 0.3) is 0 Å². The summed E-state index contributed by atoms with van der Waals surface area (Å²) in [5.74, 6) is 2.78. The summed E-state index contributed by atoms with van der Waals surface area (Å²) in [6.07, 6.45) is 3.06. The number of nitrogens with one attached hydrogen (secondary N) is 1. The van der Waals surface area contributed by atoms with Crippen LogP contribution in [-0.4, -0.2) is 40.8 Å². The van der Waals surface area contributed by atoms with Gasteiger partial charge in [0.2, 0.25) is 5.95 Å². The van der Waals surface area contributed by atoms with Crippen LogP contribution in [0.1, 0.15) is 31.9 Å². The zero-order chi connectivity index (χ0) is 14.1. The Morgan fingerprint density at radius 1 is 1.35 bits per heavy atom. The van der Waals surface area contributed by atoms with E-state index in [4.69, 9.17) is 0 Å². The van der Waals surface area contributed by atoms with Gasteiger partial charge in [-0.15, -0.1) is 0 Å². The van der Waals surface area contributed by atoms with E-state index in [0.29, 0.717) is 11.8 Å². The molecule has 0 bridgehead atoms. The molecule has 0 aromatic carbocycles. The minimum atomic E-state index is -0.120. The Balaban J connectivity index is 1.75. The predicted molar refractivity (Wildman–Crippen MR) is 80.0 cm³/mol. The lowest BCUT2D eigenvalue weighted by atomic mass is 10.00. The second kappa shape index (κ2) is 5.56. The number of hydrogen-bond acceptors (Lipinski definition) is 5. The topological polar surface area (TPSA) is 61.3 Å². The predicted octanol–water partition coefficient (Wildman–Crippen LogP) is 1.81. The molecule has 2 aliphatic rings. The van der Waals surface area contributed by atoms with Crippen LogP contribution < -0.4 is 10.2 Å². The highest BCUT2D eigenvalue weighted by Gasteiger charge is 2.42. The van der Waals surface area contributed by atoms with Crippen molar-refractivity contribution < 1.29 is 5.11 Å². The summed E-state index contributed by atoms with van der Waals surface area (Å²) in [5.41, 5.74) is 0.992. The van der Waals surface area contributed by atoms with Crippen LogP contribution in [0.4, 0.5) is 11.8 Å². The number of aliphatic hydroxyl groups is 1. The maximum absolute atomic E-state index is 10.0. The van der Waals surface area contributed by atoms with Crippen molar-refractivity contribution in [3.8, 4) is 0 Å². The fourth-order valence-electron chi connectivity index (χ4n) is 3.45. The lowest BCUT2D eigenvalue weighted by Crippen LogP contribution is -2.25. The molecule has 20 heavy (non-hydrogen) atoms. The highest BCUT2D eigenvalue weighted by Crippen LogP contribution is 2.39. The molecular weight excluding hydrogens is 252 g/mol. The molecule has 0 spiro atoms. The molecule has 3 rings (SSSR count). The van der Waals surface area contributed by atoms with Gasteiger partial charge >= 0.3 is 0 Å². The molecule has 5 heteroatoms. The lowest BCUT2D eigenvalue weighted by Gasteiger charge is -2.20. The average molecular weight is 276 g/mol. The largest absolute Gasteiger partial charge is 0.393 e. The van der Waals surface area contributed by atoms with Crippen LogP contribution in [0.25, 0.3) is 0 Å². The van der Waals surface area contributed by atoms with Gasteiger partial charge in [-0.25, -0.2) is 4.98 Å². The second-order valence-electron chi connectivity index (χ2n) is 6.09. The minimum Gasteiger partial charge on any atom is -0.393 e. The summed E-state index contributed by atoms with van der Waals surface area (Å²) in [6.45, 7) is 6.98. The number of nitrogens with zero attached hydrogens (tertiary/aromatic N) is 3. The van der Waals surface area contributed by atoms with Gasteiger partial charge < -0.3 is 15.3 Å². The van der Waals surface area contributed by atoms with Crippen molar-refractivity contribution >= 4 is 11.8 Å². The zero-order valence-electron chi connectivity index (χ0n) is 12.3. The van der Waals surface area contributed by atoms with Gasteiger partial charge in [0.05, 0.1) is 6.10 Å². The summed E-state index contributed by atoms with van der Waals surface area (Å²) in [5, 5.41) is 13.3. The van der Waals surface area contributed by atoms with Crippen LogP contribution in [-0.2, 0) is 0 Å². The van der Waals surface area contributed by atoms with E-state index in [1.807, 2.05) is 13.0 Å². The first-order valence-electron chi connectivity index (χ1n) is 7.70. The molecule has 2 N–H and O–H groups in total. The molecule has 1 aromatic rings. The molecule has 2 heterocycles. The van der Waals surface area contributed by atoms with Gasteiger partial charge in [-0.05, 0) is 32.1 Å². The maximum atomic E-state index is 10.0. The van der Waals surface area contributed by atoms with Gasteiger partial charge in [-0.1, -0.05) is 6.92 Å². The van der Waals surface area contributed by atoms with Crippen molar-refractivity contribution in [2.75, 3.05) is 29.9 Å². The Morgan fingerprint density at radius 3 is 2.95 bits per heavy atom. The maximum Gasteiger partial charge on any atom is 0.224 e. The van der Waals surface area contributed by atoms with Crippen molar-refractivity contribution in [2.45, 2.75) is 39.2 Å². The van der Waals surface area contributed by atoms with Gasteiger partial charge in [-0.3, -0.25) is 0 Å². The van der Waals surface area contributed by atoms with E-state index in [1.54, 1.807) is 0 Å². The third kappa shape index (κ3) is 2.59. The number of aromatic nitrogens is 2. The van der Waals surface area contributed by atoms with Crippen LogP contribution in [0.5, 0.6) is 0 Å². The minimum absolute atomic E-state index is 0.120. The molecule has 0 radical (unpaired) electrons. The molecule has 1 aromatic heterocycles. The highest BCUT2D eigenvalue weighted by molar-refractivity contribution is 5.46. The summed E-state index contributed by atoms with van der Waals surface area (Å²) in [7, 11) is 0. The van der Waals surface area contributed by atoms with Crippen LogP contribution in [0, 0.1) is 18.8 Å². The number of rotatable bonds is 4. The van der Waals surface area contributed by atoms with E-state index >= 15 is 0 Å². The molecule has 1 aliphatic carbocycles. The molecule has 1 aliphatic heterocycles. The van der Waals surface area contributed by atoms with Crippen molar-refractivity contribution in [2.24, 2.45) is 11.8 Å². The van der Waals surface area contributed by atoms with Gasteiger partial charge in [0.15, 0.2) is 0 Å². The molecule has 0 amide bonds. The number of anilines is 2. The summed E-state index contributed by atoms with van der Waals surface area (Å²) >= 11 is 0. The molecule has 3 unspecified atom stereocenters. The number of fused-ring (bicyclic) bond motifs is 1. The fourth-order valence-corrected chi connectivity index (χ4v) is 3.45. The molecule has 1 saturated heterocycles. The summed E-state index contributed by atoms with van der Waals surface area (Å²) in [6, 6.07) is 2.05. The third-order valence-corrected chi connectivity index (χ3v) is 4.52. The smallest absolute Gasteiger partial charge is 0.224 e. The van der Waals surface area contributed by atoms with Crippen LogP contribution in [0.15, 0.2) is 6.07 Å². The Labute approximate surface area is 120 Å². The van der Waals surface area contributed by atoms with E-state index in [9.17, 15) is 5.11 Å². The lowest BCUT2D eigenvalue weighted by molar-refractivity contribution is 0.133. The molecule has 1 saturated carbocycles. The average Bonchev–Trinajstić information content (AvgIpc) is 2.99. The standard InChI is InChI=1S/C15H24N4O/c1-3-6-16-15-17-10(2)7-14(18-15)19-8-11-4-5-13(20)12(11)9-19/h7,11-13,20H,3-6,8-9H2,1-2H3,(H,16,17,18). The molecule has 3 atom stereocenters. The quantitative estimate of drug-likeness (QED) is 0.878. The van der Waals surface area contributed by atoms with E-state index in [0.717, 1.165) is 56.4 Å². The number of hydrogen-bond donors (Lipinski definition) is 2. The van der Waals surface area contributed by atoms with E-state index in [1.165, 1.54) is 0 Å². The van der Waals surface area contributed by atoms with Crippen molar-refractivity contribution in [1.29, 1.82) is 0 Å².